The molecule has 2 heterocycles. The van der Waals surface area contributed by atoms with Crippen molar-refractivity contribution >= 4 is 17.5 Å². The van der Waals surface area contributed by atoms with Crippen LogP contribution in [0.25, 0.3) is 11.3 Å². The molecule has 5 nitrogen and oxygen atoms in total. The number of methoxy groups -OCH3 is 1. The van der Waals surface area contributed by atoms with Gasteiger partial charge in [0.25, 0.3) is 0 Å². The van der Waals surface area contributed by atoms with Gasteiger partial charge in [0.2, 0.25) is 5.88 Å². The Morgan fingerprint density at radius 3 is 2.93 bits per heavy atom. The zero-order chi connectivity index (χ0) is 9.97. The minimum absolute atomic E-state index is 0.434. The van der Waals surface area contributed by atoms with Crippen molar-refractivity contribution in [1.29, 1.82) is 0 Å². The highest BCUT2D eigenvalue weighted by atomic mass is 32.1. The van der Waals surface area contributed by atoms with E-state index >= 15 is 0 Å². The van der Waals surface area contributed by atoms with Crippen molar-refractivity contribution < 1.29 is 4.74 Å². The highest BCUT2D eigenvalue weighted by Gasteiger charge is 2.07. The third kappa shape index (κ3) is 1.51. The SMILES string of the molecule is COc1cc(-c2nsnc2N)ccn1. The summed E-state index contributed by atoms with van der Waals surface area (Å²) in [5.41, 5.74) is 7.18. The van der Waals surface area contributed by atoms with E-state index in [0.717, 1.165) is 17.3 Å². The second-order valence-electron chi connectivity index (χ2n) is 2.58. The monoisotopic (exact) mass is 208 g/mol. The molecular weight excluding hydrogens is 200 g/mol. The second-order valence-corrected chi connectivity index (χ2v) is 3.11. The van der Waals surface area contributed by atoms with Crippen LogP contribution in [0, 0.1) is 0 Å². The molecule has 0 aliphatic rings. The van der Waals surface area contributed by atoms with E-state index in [9.17, 15) is 0 Å². The van der Waals surface area contributed by atoms with E-state index in [1.54, 1.807) is 19.4 Å². The molecule has 0 radical (unpaired) electrons. The minimum Gasteiger partial charge on any atom is -0.481 e. The van der Waals surface area contributed by atoms with Gasteiger partial charge in [0.15, 0.2) is 5.82 Å². The van der Waals surface area contributed by atoms with Gasteiger partial charge in [-0.3, -0.25) is 0 Å². The van der Waals surface area contributed by atoms with Gasteiger partial charge < -0.3 is 10.5 Å². The molecule has 0 saturated heterocycles. The van der Waals surface area contributed by atoms with Gasteiger partial charge in [-0.2, -0.15) is 8.75 Å². The van der Waals surface area contributed by atoms with E-state index in [1.807, 2.05) is 6.07 Å². The molecular formula is C8H8N4OS. The zero-order valence-corrected chi connectivity index (χ0v) is 8.28. The number of nitrogens with zero attached hydrogens (tertiary/aromatic N) is 3. The van der Waals surface area contributed by atoms with Gasteiger partial charge in [-0.1, -0.05) is 0 Å². The molecule has 0 aromatic carbocycles. The number of ether oxygens (including phenoxy) is 1. The molecule has 0 unspecified atom stereocenters. The number of hydrogen-bond donors (Lipinski definition) is 1. The van der Waals surface area contributed by atoms with Crippen molar-refractivity contribution in [3.05, 3.63) is 18.3 Å². The van der Waals surface area contributed by atoms with Gasteiger partial charge in [-0.05, 0) is 6.07 Å². The van der Waals surface area contributed by atoms with E-state index in [0.29, 0.717) is 17.4 Å². The summed E-state index contributed by atoms with van der Waals surface area (Å²) in [4.78, 5) is 3.99. The lowest BCUT2D eigenvalue weighted by Gasteiger charge is -2.00. The molecule has 2 aromatic rings. The Hall–Kier alpha value is -1.69. The van der Waals surface area contributed by atoms with Crippen molar-refractivity contribution in [3.8, 4) is 17.1 Å². The molecule has 0 bridgehead atoms. The number of nitrogens with two attached hydrogens (primary N) is 1. The lowest BCUT2D eigenvalue weighted by molar-refractivity contribution is 0.398. The zero-order valence-electron chi connectivity index (χ0n) is 7.47. The smallest absolute Gasteiger partial charge is 0.213 e. The van der Waals surface area contributed by atoms with Crippen LogP contribution in [0.15, 0.2) is 18.3 Å². The molecule has 0 aliphatic heterocycles. The van der Waals surface area contributed by atoms with E-state index in [-0.39, 0.29) is 0 Å². The number of pyridine rings is 1. The van der Waals surface area contributed by atoms with Crippen LogP contribution in [0.1, 0.15) is 0 Å². The normalized spacial score (nSPS) is 10.1. The largest absolute Gasteiger partial charge is 0.481 e. The molecule has 2 rings (SSSR count). The fourth-order valence-electron chi connectivity index (χ4n) is 1.06. The van der Waals surface area contributed by atoms with Gasteiger partial charge in [0, 0.05) is 17.8 Å². The number of aromatic nitrogens is 3. The van der Waals surface area contributed by atoms with Gasteiger partial charge in [-0.25, -0.2) is 4.98 Å². The van der Waals surface area contributed by atoms with Crippen molar-refractivity contribution in [2.24, 2.45) is 0 Å². The molecule has 14 heavy (non-hydrogen) atoms. The topological polar surface area (TPSA) is 73.9 Å². The van der Waals surface area contributed by atoms with Crippen molar-refractivity contribution in [1.82, 2.24) is 13.7 Å². The van der Waals surface area contributed by atoms with Crippen LogP contribution in [0.2, 0.25) is 0 Å². The standard InChI is InChI=1S/C8H8N4OS/c1-13-6-4-5(2-3-10-6)7-8(9)12-14-11-7/h2-4H,1H3,(H2,9,12). The maximum atomic E-state index is 5.64. The average Bonchev–Trinajstić information content (AvgIpc) is 2.65. The molecule has 0 saturated carbocycles. The molecule has 0 amide bonds. The van der Waals surface area contributed by atoms with E-state index in [2.05, 4.69) is 13.7 Å². The first-order chi connectivity index (χ1) is 6.81. The van der Waals surface area contributed by atoms with Crippen LogP contribution < -0.4 is 10.5 Å². The van der Waals surface area contributed by atoms with E-state index in [1.165, 1.54) is 0 Å². The molecule has 72 valence electrons. The van der Waals surface area contributed by atoms with Crippen LogP contribution in [0.4, 0.5) is 5.82 Å². The molecule has 6 heteroatoms. The Kier molecular flexibility index (Phi) is 2.28. The number of hydrogen-bond acceptors (Lipinski definition) is 6. The fraction of sp³-hybridized carbons (Fsp3) is 0.125. The van der Waals surface area contributed by atoms with Crippen molar-refractivity contribution in [3.63, 3.8) is 0 Å². The maximum absolute atomic E-state index is 5.64. The molecule has 0 atom stereocenters. The Balaban J connectivity index is 2.47. The van der Waals surface area contributed by atoms with Crippen LogP contribution in [0.3, 0.4) is 0 Å². The summed E-state index contributed by atoms with van der Waals surface area (Å²) < 4.78 is 13.0. The van der Waals surface area contributed by atoms with E-state index < -0.39 is 0 Å². The quantitative estimate of drug-likeness (QED) is 0.802. The minimum atomic E-state index is 0.434. The highest BCUT2D eigenvalue weighted by molar-refractivity contribution is 6.99. The Morgan fingerprint density at radius 2 is 2.29 bits per heavy atom. The molecule has 0 fully saturated rings. The van der Waals surface area contributed by atoms with Gasteiger partial charge in [0.1, 0.15) is 5.69 Å². The summed E-state index contributed by atoms with van der Waals surface area (Å²) in [6, 6.07) is 3.59. The maximum Gasteiger partial charge on any atom is 0.213 e. The number of anilines is 1. The number of nitrogen functional groups attached to an aromatic ring is 1. The third-order valence-corrected chi connectivity index (χ3v) is 2.27. The molecule has 2 aromatic heterocycles. The summed E-state index contributed by atoms with van der Waals surface area (Å²) in [6.45, 7) is 0. The molecule has 2 N–H and O–H groups in total. The summed E-state index contributed by atoms with van der Waals surface area (Å²) in [6.07, 6.45) is 1.65. The summed E-state index contributed by atoms with van der Waals surface area (Å²) in [5, 5.41) is 0. The van der Waals surface area contributed by atoms with Crippen LogP contribution in [0.5, 0.6) is 5.88 Å². The third-order valence-electron chi connectivity index (χ3n) is 1.73. The number of rotatable bonds is 2. The van der Waals surface area contributed by atoms with Crippen LogP contribution in [-0.4, -0.2) is 20.8 Å². The first kappa shape index (κ1) is 8.89. The second kappa shape index (κ2) is 3.59. The van der Waals surface area contributed by atoms with Crippen molar-refractivity contribution in [2.75, 3.05) is 12.8 Å². The average molecular weight is 208 g/mol. The van der Waals surface area contributed by atoms with Crippen LogP contribution >= 0.6 is 11.7 Å². The fourth-order valence-corrected chi connectivity index (χ4v) is 1.56. The molecule has 0 aliphatic carbocycles. The van der Waals surface area contributed by atoms with E-state index in [4.69, 9.17) is 10.5 Å². The summed E-state index contributed by atoms with van der Waals surface area (Å²) in [5.74, 6) is 0.971. The Labute approximate surface area is 84.9 Å². The predicted octanol–water partition coefficient (Wildman–Crippen LogP) is 1.19. The van der Waals surface area contributed by atoms with Crippen LogP contribution in [-0.2, 0) is 0 Å². The van der Waals surface area contributed by atoms with Gasteiger partial charge in [0.05, 0.1) is 18.8 Å². The highest BCUT2D eigenvalue weighted by Crippen LogP contribution is 2.25. The summed E-state index contributed by atoms with van der Waals surface area (Å²) >= 11 is 1.09. The lowest BCUT2D eigenvalue weighted by Crippen LogP contribution is -1.91. The first-order valence-electron chi connectivity index (χ1n) is 3.89. The Morgan fingerprint density at radius 1 is 1.43 bits per heavy atom. The van der Waals surface area contributed by atoms with Gasteiger partial charge in [-0.15, -0.1) is 0 Å². The van der Waals surface area contributed by atoms with Gasteiger partial charge >= 0.3 is 0 Å². The lowest BCUT2D eigenvalue weighted by atomic mass is 10.2. The van der Waals surface area contributed by atoms with Crippen molar-refractivity contribution in [2.45, 2.75) is 0 Å². The predicted molar refractivity (Wildman–Crippen MR) is 54.1 cm³/mol. The first-order valence-corrected chi connectivity index (χ1v) is 4.62. The Bertz CT molecular complexity index is 442. The summed E-state index contributed by atoms with van der Waals surface area (Å²) in [7, 11) is 1.56. The molecule has 0 spiro atoms.